The first-order valence-corrected chi connectivity index (χ1v) is 5.35. The maximum atomic E-state index is 10.6. The summed E-state index contributed by atoms with van der Waals surface area (Å²) in [5, 5.41) is 36.4. The SMILES string of the molecule is O=C(O)C(O)C(O)c1ccccc1CCCO. The Morgan fingerprint density at radius 1 is 1.24 bits per heavy atom. The van der Waals surface area contributed by atoms with Gasteiger partial charge >= 0.3 is 5.97 Å². The molecule has 1 rings (SSSR count). The van der Waals surface area contributed by atoms with Crippen molar-refractivity contribution in [2.75, 3.05) is 6.61 Å². The highest BCUT2D eigenvalue weighted by molar-refractivity contribution is 5.73. The summed E-state index contributed by atoms with van der Waals surface area (Å²) in [6, 6.07) is 6.73. The molecule has 1 aromatic carbocycles. The number of carboxylic acid groups (broad SMARTS) is 1. The van der Waals surface area contributed by atoms with Crippen LogP contribution in [0.3, 0.4) is 0 Å². The molecule has 94 valence electrons. The van der Waals surface area contributed by atoms with Crippen LogP contribution in [0.2, 0.25) is 0 Å². The molecule has 0 saturated carbocycles. The molecule has 0 fully saturated rings. The standard InChI is InChI=1S/C12H16O5/c13-7-3-5-8-4-1-2-6-9(8)10(14)11(15)12(16)17/h1-2,4,6,10-11,13-15H,3,5,7H2,(H,16,17). The Balaban J connectivity index is 2.91. The maximum absolute atomic E-state index is 10.6. The van der Waals surface area contributed by atoms with Crippen molar-refractivity contribution in [3.63, 3.8) is 0 Å². The third-order valence-corrected chi connectivity index (χ3v) is 2.53. The number of aliphatic hydroxyl groups is 3. The highest BCUT2D eigenvalue weighted by Gasteiger charge is 2.26. The van der Waals surface area contributed by atoms with E-state index >= 15 is 0 Å². The van der Waals surface area contributed by atoms with E-state index in [1.807, 2.05) is 0 Å². The van der Waals surface area contributed by atoms with Crippen molar-refractivity contribution < 1.29 is 25.2 Å². The fourth-order valence-electron chi connectivity index (χ4n) is 1.63. The molecule has 0 spiro atoms. The van der Waals surface area contributed by atoms with E-state index in [2.05, 4.69) is 0 Å². The Labute approximate surface area is 99.0 Å². The van der Waals surface area contributed by atoms with E-state index in [-0.39, 0.29) is 6.61 Å². The molecular formula is C12H16O5. The maximum Gasteiger partial charge on any atom is 0.335 e. The van der Waals surface area contributed by atoms with E-state index < -0.39 is 18.2 Å². The largest absolute Gasteiger partial charge is 0.479 e. The molecule has 4 N–H and O–H groups in total. The number of hydrogen-bond donors (Lipinski definition) is 4. The number of benzene rings is 1. The van der Waals surface area contributed by atoms with Crippen LogP contribution in [-0.4, -0.2) is 39.1 Å². The van der Waals surface area contributed by atoms with E-state index in [9.17, 15) is 15.0 Å². The van der Waals surface area contributed by atoms with Gasteiger partial charge in [0.15, 0.2) is 6.10 Å². The van der Waals surface area contributed by atoms with Crippen molar-refractivity contribution in [3.8, 4) is 0 Å². The summed E-state index contributed by atoms with van der Waals surface area (Å²) >= 11 is 0. The third kappa shape index (κ3) is 3.52. The molecule has 0 aliphatic rings. The molecule has 0 radical (unpaired) electrons. The van der Waals surface area contributed by atoms with Crippen LogP contribution in [0.5, 0.6) is 0 Å². The normalized spacial score (nSPS) is 14.3. The lowest BCUT2D eigenvalue weighted by atomic mass is 9.96. The van der Waals surface area contributed by atoms with Gasteiger partial charge in [0.1, 0.15) is 6.10 Å². The molecular weight excluding hydrogens is 224 g/mol. The van der Waals surface area contributed by atoms with Crippen LogP contribution in [0, 0.1) is 0 Å². The third-order valence-electron chi connectivity index (χ3n) is 2.53. The summed E-state index contributed by atoms with van der Waals surface area (Å²) in [4.78, 5) is 10.6. The van der Waals surface area contributed by atoms with Crippen LogP contribution in [-0.2, 0) is 11.2 Å². The minimum Gasteiger partial charge on any atom is -0.479 e. The Morgan fingerprint density at radius 3 is 2.47 bits per heavy atom. The summed E-state index contributed by atoms with van der Waals surface area (Å²) in [5.41, 5.74) is 1.12. The van der Waals surface area contributed by atoms with E-state index in [0.717, 1.165) is 5.56 Å². The Morgan fingerprint density at radius 2 is 1.88 bits per heavy atom. The molecule has 0 heterocycles. The van der Waals surface area contributed by atoms with Gasteiger partial charge in [0.05, 0.1) is 0 Å². The Hall–Kier alpha value is -1.43. The molecule has 0 aliphatic carbocycles. The number of aliphatic hydroxyl groups excluding tert-OH is 3. The molecule has 17 heavy (non-hydrogen) atoms. The van der Waals surface area contributed by atoms with Gasteiger partial charge in [-0.3, -0.25) is 0 Å². The van der Waals surface area contributed by atoms with Crippen LogP contribution in [0.15, 0.2) is 24.3 Å². The number of rotatable bonds is 6. The second kappa shape index (κ2) is 6.34. The fourth-order valence-corrected chi connectivity index (χ4v) is 1.63. The van der Waals surface area contributed by atoms with Gasteiger partial charge in [-0.15, -0.1) is 0 Å². The van der Waals surface area contributed by atoms with Crippen molar-refractivity contribution in [1.82, 2.24) is 0 Å². The summed E-state index contributed by atoms with van der Waals surface area (Å²) in [6.45, 7) is 0.0198. The topological polar surface area (TPSA) is 98.0 Å². The molecule has 2 unspecified atom stereocenters. The zero-order valence-electron chi connectivity index (χ0n) is 9.28. The van der Waals surface area contributed by atoms with Gasteiger partial charge in [0, 0.05) is 6.61 Å². The summed E-state index contributed by atoms with van der Waals surface area (Å²) in [6.07, 6.45) is -2.25. The Kier molecular flexibility index (Phi) is 5.09. The smallest absolute Gasteiger partial charge is 0.335 e. The second-order valence-electron chi connectivity index (χ2n) is 3.75. The molecule has 5 nitrogen and oxygen atoms in total. The zero-order valence-corrected chi connectivity index (χ0v) is 9.28. The van der Waals surface area contributed by atoms with Crippen LogP contribution < -0.4 is 0 Å². The van der Waals surface area contributed by atoms with E-state index in [1.165, 1.54) is 0 Å². The van der Waals surface area contributed by atoms with Gasteiger partial charge in [-0.1, -0.05) is 24.3 Å². The second-order valence-corrected chi connectivity index (χ2v) is 3.75. The molecule has 0 amide bonds. The van der Waals surface area contributed by atoms with Gasteiger partial charge in [-0.05, 0) is 24.0 Å². The van der Waals surface area contributed by atoms with E-state index in [0.29, 0.717) is 18.4 Å². The number of carbonyl (C=O) groups is 1. The highest BCUT2D eigenvalue weighted by atomic mass is 16.4. The first-order valence-electron chi connectivity index (χ1n) is 5.35. The summed E-state index contributed by atoms with van der Waals surface area (Å²) in [5.74, 6) is -1.46. The van der Waals surface area contributed by atoms with Crippen LogP contribution in [0.25, 0.3) is 0 Å². The molecule has 1 aromatic rings. The first-order chi connectivity index (χ1) is 8.07. The minimum absolute atomic E-state index is 0.0198. The average molecular weight is 240 g/mol. The minimum atomic E-state index is -1.84. The van der Waals surface area contributed by atoms with Crippen molar-refractivity contribution in [3.05, 3.63) is 35.4 Å². The number of aryl methyl sites for hydroxylation is 1. The quantitative estimate of drug-likeness (QED) is 0.565. The lowest BCUT2D eigenvalue weighted by Crippen LogP contribution is -2.28. The van der Waals surface area contributed by atoms with E-state index in [1.54, 1.807) is 24.3 Å². The lowest BCUT2D eigenvalue weighted by molar-refractivity contribution is -0.153. The first kappa shape index (κ1) is 13.6. The monoisotopic (exact) mass is 240 g/mol. The van der Waals surface area contributed by atoms with Gasteiger partial charge < -0.3 is 20.4 Å². The number of hydrogen-bond acceptors (Lipinski definition) is 4. The van der Waals surface area contributed by atoms with Crippen LogP contribution in [0.1, 0.15) is 23.7 Å². The van der Waals surface area contributed by atoms with Gasteiger partial charge in [-0.25, -0.2) is 4.79 Å². The summed E-state index contributed by atoms with van der Waals surface area (Å²) in [7, 11) is 0. The molecule has 0 saturated heterocycles. The Bertz CT molecular complexity index is 377. The molecule has 0 bridgehead atoms. The summed E-state index contributed by atoms with van der Waals surface area (Å²) < 4.78 is 0. The van der Waals surface area contributed by atoms with Crippen molar-refractivity contribution >= 4 is 5.97 Å². The van der Waals surface area contributed by atoms with Gasteiger partial charge in [0.2, 0.25) is 0 Å². The predicted octanol–water partition coefficient (Wildman–Crippen LogP) is 0.0904. The highest BCUT2D eigenvalue weighted by Crippen LogP contribution is 2.22. The van der Waals surface area contributed by atoms with Crippen molar-refractivity contribution in [1.29, 1.82) is 0 Å². The van der Waals surface area contributed by atoms with Crippen LogP contribution in [0.4, 0.5) is 0 Å². The average Bonchev–Trinajstić information content (AvgIpc) is 2.34. The predicted molar refractivity (Wildman–Crippen MR) is 60.5 cm³/mol. The van der Waals surface area contributed by atoms with Crippen molar-refractivity contribution in [2.24, 2.45) is 0 Å². The molecule has 2 atom stereocenters. The van der Waals surface area contributed by atoms with E-state index in [4.69, 9.17) is 10.2 Å². The number of aliphatic carboxylic acids is 1. The molecule has 0 aromatic heterocycles. The lowest BCUT2D eigenvalue weighted by Gasteiger charge is -2.17. The van der Waals surface area contributed by atoms with Gasteiger partial charge in [-0.2, -0.15) is 0 Å². The molecule has 0 aliphatic heterocycles. The van der Waals surface area contributed by atoms with Crippen LogP contribution >= 0.6 is 0 Å². The van der Waals surface area contributed by atoms with Gasteiger partial charge in [0.25, 0.3) is 0 Å². The fraction of sp³-hybridized carbons (Fsp3) is 0.417. The number of carboxylic acids is 1. The zero-order chi connectivity index (χ0) is 12.8. The molecule has 5 heteroatoms. The van der Waals surface area contributed by atoms with Crippen molar-refractivity contribution in [2.45, 2.75) is 25.0 Å².